The molecule has 5 aromatic rings. The average molecular weight is 1360 g/mol. The molecular weight excluding hydrogens is 1280 g/mol. The number of nitrogens with zero attached hydrogens (tertiary/aromatic N) is 7. The second-order valence-electron chi connectivity index (χ2n) is 20.4. The molecule has 2 atom stereocenters. The van der Waals surface area contributed by atoms with Crippen LogP contribution in [0.15, 0.2) is 100 Å². The first kappa shape index (κ1) is 74.0. The molecule has 2 aromatic carbocycles. The van der Waals surface area contributed by atoms with Crippen LogP contribution in [-0.2, 0) is 46.2 Å². The van der Waals surface area contributed by atoms with E-state index in [0.29, 0.717) is 76.7 Å². The number of fused-ring (bicyclic) bond motifs is 2. The zero-order valence-electron chi connectivity index (χ0n) is 48.4. The summed E-state index contributed by atoms with van der Waals surface area (Å²) in [4.78, 5) is 72.5. The molecule has 0 bridgehead atoms. The van der Waals surface area contributed by atoms with E-state index in [1.54, 1.807) is 39.4 Å². The SMILES string of the molecule is CCOC(=O)CCS.CCOC(=O)CCSc1cnc(Cl)cn1.CCOC(=O)CCSc1cnc(N2CCC3(CC2)Cc2ccccc2[C@H]3NC(=O)OC(C)(C)C)cn1.Cl.Cl.Clc1cnc(Br)cn1.N[C@@H]1c2ccccc2CC12CCNCC2. The van der Waals surface area contributed by atoms with Crippen LogP contribution in [0.25, 0.3) is 0 Å². The predicted molar refractivity (Wildman–Crippen MR) is 345 cm³/mol. The van der Waals surface area contributed by atoms with Crippen molar-refractivity contribution in [2.75, 3.05) is 68.2 Å². The highest BCUT2D eigenvalue weighted by Gasteiger charge is 2.49. The third kappa shape index (κ3) is 24.5. The summed E-state index contributed by atoms with van der Waals surface area (Å²) in [6, 6.07) is 17.3. The second-order valence-corrected chi connectivity index (χ2v) is 24.7. The fourth-order valence-electron chi connectivity index (χ4n) is 9.81. The van der Waals surface area contributed by atoms with Crippen molar-refractivity contribution < 1.29 is 38.1 Å². The Morgan fingerprint density at radius 2 is 1.18 bits per heavy atom. The average Bonchev–Trinajstić information content (AvgIpc) is 2.81. The van der Waals surface area contributed by atoms with Gasteiger partial charge >= 0.3 is 24.0 Å². The number of hydrogen-bond acceptors (Lipinski definition) is 20. The van der Waals surface area contributed by atoms with Gasteiger partial charge in [-0.2, -0.15) is 12.6 Å². The molecule has 2 fully saturated rings. The zero-order valence-corrected chi connectivity index (χ0v) is 55.6. The van der Waals surface area contributed by atoms with Gasteiger partial charge in [-0.15, -0.1) is 48.3 Å². The number of thioether (sulfide) groups is 2. The Balaban J connectivity index is 0.000000317. The second kappa shape index (κ2) is 38.1. The molecule has 4 N–H and O–H groups in total. The topological polar surface area (TPSA) is 236 Å². The number of anilines is 1. The molecule has 3 aromatic heterocycles. The maximum atomic E-state index is 12.7. The van der Waals surface area contributed by atoms with Crippen molar-refractivity contribution in [3.8, 4) is 0 Å². The van der Waals surface area contributed by atoms with Crippen molar-refractivity contribution in [2.24, 2.45) is 16.6 Å². The Labute approximate surface area is 539 Å². The molecule has 0 saturated carbocycles. The fourth-order valence-corrected chi connectivity index (χ4v) is 11.9. The van der Waals surface area contributed by atoms with Gasteiger partial charge < -0.3 is 40.2 Å². The standard InChI is InChI=1S/C27H36N4O4S.C13H18N2.C9H11ClN2O2S.C5H10O2S.C4H2BrClN2.2ClH/c1-5-34-23(32)10-15-36-22-18-28-21(17-29-22)31-13-11-27(12-14-31)16-19-8-6-7-9-20(19)24(27)30-25(33)35-26(2,3)4;14-12-11-4-2-1-3-10(11)9-13(12)5-7-15-8-6-13;1-2-14-9(13)3-4-15-8-6-11-7(10)5-12-8;1-2-7-5(6)3-4-8;5-3-1-8-4(6)2-7-3;;/h6-9,17-18,24H,5,10-16H2,1-4H3,(H,30,33);1-4,12,15H,5-9,14H2;5-6H,2-4H2,1H3;8H,2-4H2,1H3;1-2H;2*1H/t24-;12-;;;;;/m11...../s1. The van der Waals surface area contributed by atoms with Gasteiger partial charge in [0, 0.05) is 41.8 Å². The van der Waals surface area contributed by atoms with Gasteiger partial charge in [-0.25, -0.2) is 34.7 Å². The summed E-state index contributed by atoms with van der Waals surface area (Å²) in [7, 11) is 0. The van der Waals surface area contributed by atoms with Crippen molar-refractivity contribution in [3.05, 3.63) is 123 Å². The molecule has 2 aliphatic heterocycles. The Morgan fingerprint density at radius 1 is 0.690 bits per heavy atom. The quantitative estimate of drug-likeness (QED) is 0.0330. The molecule has 84 heavy (non-hydrogen) atoms. The highest BCUT2D eigenvalue weighted by atomic mass is 79.9. The van der Waals surface area contributed by atoms with Crippen LogP contribution in [0.4, 0.5) is 10.6 Å². The first-order valence-corrected chi connectivity index (χ1v) is 31.6. The molecule has 2 spiro atoms. The van der Waals surface area contributed by atoms with Crippen LogP contribution >= 0.6 is 100 Å². The van der Waals surface area contributed by atoms with E-state index in [-0.39, 0.29) is 66.3 Å². The summed E-state index contributed by atoms with van der Waals surface area (Å²) in [5, 5.41) is 8.96. The number of benzene rings is 2. The lowest BCUT2D eigenvalue weighted by Crippen LogP contribution is -2.47. The van der Waals surface area contributed by atoms with Gasteiger partial charge in [-0.3, -0.25) is 14.4 Å². The fraction of sp³-hybridized carbons (Fsp3) is 0.517. The lowest BCUT2D eigenvalue weighted by molar-refractivity contribution is -0.143. The number of piperidine rings is 2. The molecule has 0 unspecified atom stereocenters. The number of rotatable bonds is 15. The maximum absolute atomic E-state index is 12.7. The Kier molecular flexibility index (Phi) is 33.6. The summed E-state index contributed by atoms with van der Waals surface area (Å²) in [5.41, 5.74) is 11.6. The van der Waals surface area contributed by atoms with E-state index in [0.717, 1.165) is 61.3 Å². The van der Waals surface area contributed by atoms with Gasteiger partial charge in [0.1, 0.15) is 36.4 Å². The van der Waals surface area contributed by atoms with Gasteiger partial charge in [-0.05, 0) is 137 Å². The summed E-state index contributed by atoms with van der Waals surface area (Å²) in [6.07, 6.45) is 16.9. The number of alkyl carbamates (subject to hydrolysis) is 1. The number of ether oxygens (including phenoxy) is 4. The van der Waals surface area contributed by atoms with E-state index in [9.17, 15) is 19.2 Å². The molecule has 4 aliphatic rings. The molecule has 9 rings (SSSR count). The maximum Gasteiger partial charge on any atom is 0.408 e. The van der Waals surface area contributed by atoms with E-state index in [4.69, 9.17) is 43.1 Å². The van der Waals surface area contributed by atoms with Crippen molar-refractivity contribution >= 4 is 130 Å². The van der Waals surface area contributed by atoms with Gasteiger partial charge in [0.15, 0.2) is 0 Å². The number of nitrogens with two attached hydrogens (primary N) is 1. The minimum absolute atomic E-state index is 0. The number of nitrogens with one attached hydrogen (secondary N) is 2. The van der Waals surface area contributed by atoms with Gasteiger partial charge in [0.05, 0.1) is 82.3 Å². The molecule has 5 heterocycles. The van der Waals surface area contributed by atoms with Crippen LogP contribution in [0.2, 0.25) is 10.3 Å². The Bertz CT molecular complexity index is 2740. The molecule has 0 radical (unpaired) electrons. The highest BCUT2D eigenvalue weighted by molar-refractivity contribution is 9.10. The van der Waals surface area contributed by atoms with E-state index >= 15 is 0 Å². The number of amides is 1. The largest absolute Gasteiger partial charge is 0.466 e. The molecule has 2 saturated heterocycles. The summed E-state index contributed by atoms with van der Waals surface area (Å²) in [5.74, 6) is 2.13. The monoisotopic (exact) mass is 1360 g/mol. The number of carbonyl (C=O) groups excluding carboxylic acids is 4. The number of esters is 3. The molecule has 2 aliphatic carbocycles. The zero-order chi connectivity index (χ0) is 59.5. The van der Waals surface area contributed by atoms with Gasteiger partial charge in [0.25, 0.3) is 0 Å². The normalized spacial score (nSPS) is 16.4. The molecule has 1 amide bonds. The van der Waals surface area contributed by atoms with E-state index in [1.165, 1.54) is 77.4 Å². The van der Waals surface area contributed by atoms with E-state index in [1.807, 2.05) is 33.0 Å². The number of carbonyl (C=O) groups is 4. The van der Waals surface area contributed by atoms with Crippen LogP contribution in [-0.4, -0.2) is 123 Å². The lowest BCUT2D eigenvalue weighted by atomic mass is 9.72. The van der Waals surface area contributed by atoms with Crippen LogP contribution in [0.1, 0.15) is 121 Å². The van der Waals surface area contributed by atoms with Crippen molar-refractivity contribution in [1.29, 1.82) is 0 Å². The number of halogens is 5. The third-order valence-electron chi connectivity index (χ3n) is 13.6. The predicted octanol–water partition coefficient (Wildman–Crippen LogP) is 12.3. The Morgan fingerprint density at radius 3 is 1.64 bits per heavy atom. The molecule has 462 valence electrons. The van der Waals surface area contributed by atoms with Crippen LogP contribution in [0.3, 0.4) is 0 Å². The molecule has 18 nitrogen and oxygen atoms in total. The van der Waals surface area contributed by atoms with Crippen LogP contribution < -0.4 is 21.3 Å². The number of hydrogen-bond donors (Lipinski definition) is 4. The first-order chi connectivity index (χ1) is 39.3. The van der Waals surface area contributed by atoms with Gasteiger partial charge in [0.2, 0.25) is 0 Å². The van der Waals surface area contributed by atoms with Crippen molar-refractivity contribution in [3.63, 3.8) is 0 Å². The van der Waals surface area contributed by atoms with Crippen molar-refractivity contribution in [1.82, 2.24) is 40.5 Å². The minimum atomic E-state index is -0.541. The number of aromatic nitrogens is 6. The van der Waals surface area contributed by atoms with Crippen LogP contribution in [0.5, 0.6) is 0 Å². The minimum Gasteiger partial charge on any atom is -0.466 e. The third-order valence-corrected chi connectivity index (χ3v) is 16.5. The lowest BCUT2D eigenvalue weighted by Gasteiger charge is -2.43. The highest BCUT2D eigenvalue weighted by Crippen LogP contribution is 2.53. The van der Waals surface area contributed by atoms with E-state index in [2.05, 4.69) is 121 Å². The smallest absolute Gasteiger partial charge is 0.408 e. The molecule has 26 heteroatoms. The Hall–Kier alpha value is -4.23. The van der Waals surface area contributed by atoms with E-state index < -0.39 is 5.60 Å². The summed E-state index contributed by atoms with van der Waals surface area (Å²) in [6.45, 7) is 16.2. The first-order valence-electron chi connectivity index (χ1n) is 27.4. The number of thiol groups is 1. The summed E-state index contributed by atoms with van der Waals surface area (Å²) >= 11 is 20.9. The molecular formula is C58H79BrCl4N10O8S3. The summed E-state index contributed by atoms with van der Waals surface area (Å²) < 4.78 is 20.6. The van der Waals surface area contributed by atoms with Crippen LogP contribution in [0, 0.1) is 10.8 Å². The van der Waals surface area contributed by atoms with Crippen molar-refractivity contribution in [2.45, 2.75) is 127 Å². The van der Waals surface area contributed by atoms with Gasteiger partial charge in [-0.1, -0.05) is 71.7 Å².